The zero-order valence-corrected chi connectivity index (χ0v) is 20.3. The highest BCUT2D eigenvalue weighted by atomic mass is 16.5. The van der Waals surface area contributed by atoms with Crippen molar-refractivity contribution in [2.45, 2.75) is 46.6 Å². The third kappa shape index (κ3) is 6.28. The topological polar surface area (TPSA) is 56.8 Å². The molecule has 1 N–H and O–H groups in total. The third-order valence-electron chi connectivity index (χ3n) is 5.34. The monoisotopic (exact) mass is 447 g/mol. The number of hydrogen-bond donors (Lipinski definition) is 1. The molecule has 174 valence electrons. The number of methoxy groups -OCH3 is 1. The fourth-order valence-electron chi connectivity index (χ4n) is 3.46. The fraction of sp³-hybridized carbons (Fsp3) is 0.321. The van der Waals surface area contributed by atoms with Gasteiger partial charge in [0.05, 0.1) is 19.4 Å². The lowest BCUT2D eigenvalue weighted by Crippen LogP contribution is -2.14. The van der Waals surface area contributed by atoms with Crippen molar-refractivity contribution in [1.29, 1.82) is 0 Å². The molecular formula is C28H33NO4. The summed E-state index contributed by atoms with van der Waals surface area (Å²) in [6, 6.07) is 19.2. The van der Waals surface area contributed by atoms with E-state index in [0.717, 1.165) is 16.9 Å². The molecule has 1 amide bonds. The molecular weight excluding hydrogens is 414 g/mol. The van der Waals surface area contributed by atoms with Gasteiger partial charge >= 0.3 is 0 Å². The van der Waals surface area contributed by atoms with Crippen LogP contribution in [0.1, 0.15) is 54.7 Å². The second kappa shape index (κ2) is 10.4. The molecule has 3 rings (SSSR count). The van der Waals surface area contributed by atoms with Crippen molar-refractivity contribution in [3.05, 3.63) is 82.9 Å². The summed E-state index contributed by atoms with van der Waals surface area (Å²) in [5.74, 6) is 1.86. The number of aryl methyl sites for hydroxylation is 1. The Morgan fingerprint density at radius 2 is 1.61 bits per heavy atom. The Balaban J connectivity index is 1.79. The number of nitrogens with one attached hydrogen (secondary N) is 1. The summed E-state index contributed by atoms with van der Waals surface area (Å²) >= 11 is 0. The Bertz CT molecular complexity index is 1100. The lowest BCUT2D eigenvalue weighted by molar-refractivity contribution is 0.102. The number of hydrogen-bond acceptors (Lipinski definition) is 4. The molecule has 0 atom stereocenters. The Kier molecular flexibility index (Phi) is 7.64. The van der Waals surface area contributed by atoms with Gasteiger partial charge in [-0.2, -0.15) is 0 Å². The van der Waals surface area contributed by atoms with Gasteiger partial charge in [0, 0.05) is 11.1 Å². The maximum Gasteiger partial charge on any atom is 0.255 e. The van der Waals surface area contributed by atoms with E-state index in [4.69, 9.17) is 14.2 Å². The molecule has 0 unspecified atom stereocenters. The van der Waals surface area contributed by atoms with Crippen molar-refractivity contribution >= 4 is 11.6 Å². The van der Waals surface area contributed by atoms with Crippen molar-refractivity contribution in [2.24, 2.45) is 0 Å². The molecule has 0 saturated heterocycles. The summed E-state index contributed by atoms with van der Waals surface area (Å²) in [5, 5.41) is 2.95. The van der Waals surface area contributed by atoms with E-state index in [1.807, 2.05) is 56.3 Å². The fourth-order valence-corrected chi connectivity index (χ4v) is 3.46. The average Bonchev–Trinajstić information content (AvgIpc) is 2.78. The van der Waals surface area contributed by atoms with Crippen LogP contribution in [0.2, 0.25) is 0 Å². The van der Waals surface area contributed by atoms with Gasteiger partial charge in [-0.15, -0.1) is 0 Å². The van der Waals surface area contributed by atoms with Crippen LogP contribution < -0.4 is 19.5 Å². The maximum absolute atomic E-state index is 13.0. The average molecular weight is 448 g/mol. The van der Waals surface area contributed by atoms with Crippen molar-refractivity contribution in [3.8, 4) is 17.2 Å². The molecule has 0 aliphatic rings. The van der Waals surface area contributed by atoms with Gasteiger partial charge in [-0.3, -0.25) is 4.79 Å². The SMILES string of the molecule is CCOc1ccc(C(=O)Nc2cc(C)ccc2OC)cc1COc1ccc(C(C)(C)C)cc1. The molecule has 0 aliphatic heterocycles. The molecule has 0 spiro atoms. The van der Waals surface area contributed by atoms with Crippen LogP contribution in [-0.4, -0.2) is 19.6 Å². The van der Waals surface area contributed by atoms with Gasteiger partial charge in [-0.05, 0) is 72.9 Å². The first-order valence-electron chi connectivity index (χ1n) is 11.2. The zero-order valence-electron chi connectivity index (χ0n) is 20.3. The molecule has 0 bridgehead atoms. The predicted octanol–water partition coefficient (Wildman–Crippen LogP) is 6.53. The molecule has 0 saturated carbocycles. The first kappa shape index (κ1) is 24.2. The van der Waals surface area contributed by atoms with Crippen molar-refractivity contribution in [3.63, 3.8) is 0 Å². The number of ether oxygens (including phenoxy) is 3. The standard InChI is InChI=1S/C28H33NO4/c1-7-32-25-15-9-20(27(30)29-24-16-19(2)8-14-26(24)31-6)17-21(25)18-33-23-12-10-22(11-13-23)28(3,4)5/h8-17H,7,18H2,1-6H3,(H,29,30). The van der Waals surface area contributed by atoms with E-state index in [2.05, 4.69) is 38.2 Å². The Morgan fingerprint density at radius 1 is 0.909 bits per heavy atom. The molecule has 3 aromatic rings. The van der Waals surface area contributed by atoms with Crippen LogP contribution in [0.4, 0.5) is 5.69 Å². The van der Waals surface area contributed by atoms with E-state index < -0.39 is 0 Å². The van der Waals surface area contributed by atoms with E-state index in [0.29, 0.717) is 36.0 Å². The van der Waals surface area contributed by atoms with E-state index in [1.165, 1.54) is 5.56 Å². The quantitative estimate of drug-likeness (QED) is 0.426. The van der Waals surface area contributed by atoms with Gasteiger partial charge in [0.2, 0.25) is 0 Å². The maximum atomic E-state index is 13.0. The smallest absolute Gasteiger partial charge is 0.255 e. The summed E-state index contributed by atoms with van der Waals surface area (Å²) in [4.78, 5) is 13.0. The van der Waals surface area contributed by atoms with Crippen LogP contribution in [0.3, 0.4) is 0 Å². The summed E-state index contributed by atoms with van der Waals surface area (Å²) < 4.78 is 17.2. The van der Waals surface area contributed by atoms with Gasteiger partial charge < -0.3 is 19.5 Å². The number of carbonyl (C=O) groups is 1. The molecule has 0 heterocycles. The number of anilines is 1. The lowest BCUT2D eigenvalue weighted by Gasteiger charge is -2.19. The molecule has 0 aliphatic carbocycles. The summed E-state index contributed by atoms with van der Waals surface area (Å²) in [5.41, 5.74) is 4.32. The number of carbonyl (C=O) groups excluding carboxylic acids is 1. The zero-order chi connectivity index (χ0) is 24.0. The van der Waals surface area contributed by atoms with E-state index in [9.17, 15) is 4.79 Å². The minimum Gasteiger partial charge on any atom is -0.495 e. The highest BCUT2D eigenvalue weighted by Gasteiger charge is 2.15. The number of rotatable bonds is 8. The van der Waals surface area contributed by atoms with E-state index >= 15 is 0 Å². The predicted molar refractivity (Wildman–Crippen MR) is 133 cm³/mol. The lowest BCUT2D eigenvalue weighted by atomic mass is 9.87. The van der Waals surface area contributed by atoms with Crippen LogP contribution in [-0.2, 0) is 12.0 Å². The van der Waals surface area contributed by atoms with Gasteiger partial charge in [0.25, 0.3) is 5.91 Å². The van der Waals surface area contributed by atoms with Crippen LogP contribution in [0, 0.1) is 6.92 Å². The van der Waals surface area contributed by atoms with Crippen LogP contribution in [0.15, 0.2) is 60.7 Å². The molecule has 5 nitrogen and oxygen atoms in total. The summed E-state index contributed by atoms with van der Waals surface area (Å²) in [6.07, 6.45) is 0. The van der Waals surface area contributed by atoms with Crippen LogP contribution in [0.5, 0.6) is 17.2 Å². The second-order valence-corrected chi connectivity index (χ2v) is 8.98. The van der Waals surface area contributed by atoms with Crippen molar-refractivity contribution in [2.75, 3.05) is 19.0 Å². The molecule has 3 aromatic carbocycles. The van der Waals surface area contributed by atoms with Crippen molar-refractivity contribution < 1.29 is 19.0 Å². The van der Waals surface area contributed by atoms with E-state index in [-0.39, 0.29) is 11.3 Å². The second-order valence-electron chi connectivity index (χ2n) is 8.98. The minimum absolute atomic E-state index is 0.0856. The molecule has 0 radical (unpaired) electrons. The first-order valence-corrected chi connectivity index (χ1v) is 11.2. The third-order valence-corrected chi connectivity index (χ3v) is 5.34. The van der Waals surface area contributed by atoms with E-state index in [1.54, 1.807) is 13.2 Å². The molecule has 0 aromatic heterocycles. The summed E-state index contributed by atoms with van der Waals surface area (Å²) in [6.45, 7) is 11.3. The Labute approximate surface area is 196 Å². The number of benzene rings is 3. The van der Waals surface area contributed by atoms with Gasteiger partial charge in [-0.25, -0.2) is 0 Å². The minimum atomic E-state index is -0.224. The molecule has 33 heavy (non-hydrogen) atoms. The normalized spacial score (nSPS) is 11.1. The Morgan fingerprint density at radius 3 is 2.24 bits per heavy atom. The highest BCUT2D eigenvalue weighted by Crippen LogP contribution is 2.28. The molecule has 5 heteroatoms. The van der Waals surface area contributed by atoms with Crippen LogP contribution >= 0.6 is 0 Å². The molecule has 0 fully saturated rings. The van der Waals surface area contributed by atoms with Gasteiger partial charge in [0.15, 0.2) is 0 Å². The highest BCUT2D eigenvalue weighted by molar-refractivity contribution is 6.05. The van der Waals surface area contributed by atoms with Gasteiger partial charge in [-0.1, -0.05) is 39.0 Å². The largest absolute Gasteiger partial charge is 0.495 e. The first-order chi connectivity index (χ1) is 15.7. The van der Waals surface area contributed by atoms with Crippen molar-refractivity contribution in [1.82, 2.24) is 0 Å². The van der Waals surface area contributed by atoms with Crippen LogP contribution in [0.25, 0.3) is 0 Å². The van der Waals surface area contributed by atoms with Gasteiger partial charge in [0.1, 0.15) is 23.9 Å². The Hall–Kier alpha value is -3.47. The number of amides is 1. The summed E-state index contributed by atoms with van der Waals surface area (Å²) in [7, 11) is 1.58.